The van der Waals surface area contributed by atoms with E-state index in [0.717, 1.165) is 22.2 Å². The summed E-state index contributed by atoms with van der Waals surface area (Å²) in [6.07, 6.45) is -3.25. The third kappa shape index (κ3) is 7.39. The van der Waals surface area contributed by atoms with Crippen LogP contribution in [0.15, 0.2) is 64.0 Å². The number of alkyl halides is 3. The van der Waals surface area contributed by atoms with Gasteiger partial charge in [-0.05, 0) is 71.4 Å². The third-order valence-corrected chi connectivity index (χ3v) is 7.54. The van der Waals surface area contributed by atoms with Gasteiger partial charge in [-0.1, -0.05) is 39.7 Å². The molecule has 1 aliphatic heterocycles. The van der Waals surface area contributed by atoms with Crippen LogP contribution in [0.5, 0.6) is 17.2 Å². The van der Waals surface area contributed by atoms with Crippen LogP contribution < -0.4 is 19.5 Å². The zero-order valence-corrected chi connectivity index (χ0v) is 25.0. The molecule has 4 rings (SSSR count). The average Bonchev–Trinajstić information content (AvgIpc) is 3.19. The third-order valence-electron chi connectivity index (χ3n) is 5.82. The number of methoxy groups -OCH3 is 2. The van der Waals surface area contributed by atoms with E-state index >= 15 is 0 Å². The molecule has 42 heavy (non-hydrogen) atoms. The minimum atomic E-state index is -4.65. The van der Waals surface area contributed by atoms with Crippen molar-refractivity contribution in [2.75, 3.05) is 26.1 Å². The summed E-state index contributed by atoms with van der Waals surface area (Å²) < 4.78 is 56.6. The van der Waals surface area contributed by atoms with Crippen LogP contribution in [0.2, 0.25) is 5.02 Å². The molecule has 0 spiro atoms. The quantitative estimate of drug-likeness (QED) is 0.235. The van der Waals surface area contributed by atoms with Gasteiger partial charge in [0.1, 0.15) is 18.9 Å². The van der Waals surface area contributed by atoms with Crippen LogP contribution in [-0.4, -0.2) is 42.7 Å². The standard InChI is InChI=1S/C28H21BrClF3N2O6S/c1-39-21-8-5-17(28(31,32)33)12-20(21)34-24(36)13-35-26(37)23(42-27(35)38)11-16-9-19(30)25(22(10-16)40-2)41-14-15-3-6-18(29)7-4-15/h3-12H,13-14H2,1-2H3,(H,34,36)/b23-11-. The maximum Gasteiger partial charge on any atom is 0.416 e. The molecule has 3 amide bonds. The molecule has 1 heterocycles. The maximum atomic E-state index is 13.1. The molecule has 8 nitrogen and oxygen atoms in total. The normalized spacial score (nSPS) is 14.4. The number of hydrogen-bond donors (Lipinski definition) is 1. The Morgan fingerprint density at radius 2 is 1.74 bits per heavy atom. The Hall–Kier alpha value is -3.68. The molecular formula is C28H21BrClF3N2O6S. The van der Waals surface area contributed by atoms with E-state index in [1.54, 1.807) is 6.07 Å². The molecule has 1 saturated heterocycles. The van der Waals surface area contributed by atoms with E-state index in [2.05, 4.69) is 21.2 Å². The second-order valence-electron chi connectivity index (χ2n) is 8.68. The molecule has 1 aliphatic rings. The second-order valence-corrected chi connectivity index (χ2v) is 11.0. The van der Waals surface area contributed by atoms with Gasteiger partial charge in [0.05, 0.1) is 35.4 Å². The number of halogens is 5. The van der Waals surface area contributed by atoms with E-state index < -0.39 is 35.3 Å². The first-order valence-corrected chi connectivity index (χ1v) is 13.9. The number of nitrogens with one attached hydrogen (secondary N) is 1. The van der Waals surface area contributed by atoms with Crippen molar-refractivity contribution in [2.45, 2.75) is 12.8 Å². The van der Waals surface area contributed by atoms with Crippen molar-refractivity contribution >= 4 is 68.1 Å². The number of imide groups is 1. The van der Waals surface area contributed by atoms with Crippen LogP contribution in [0.4, 0.5) is 23.7 Å². The number of nitrogens with zero attached hydrogens (tertiary/aromatic N) is 1. The van der Waals surface area contributed by atoms with Crippen molar-refractivity contribution in [1.82, 2.24) is 4.90 Å². The van der Waals surface area contributed by atoms with Gasteiger partial charge < -0.3 is 19.5 Å². The molecule has 1 N–H and O–H groups in total. The van der Waals surface area contributed by atoms with Gasteiger partial charge >= 0.3 is 6.18 Å². The number of carbonyl (C=O) groups is 3. The number of benzene rings is 3. The molecule has 1 fully saturated rings. The number of amides is 3. The van der Waals surface area contributed by atoms with E-state index in [1.165, 1.54) is 26.4 Å². The van der Waals surface area contributed by atoms with Gasteiger partial charge in [-0.15, -0.1) is 0 Å². The average molecular weight is 686 g/mol. The van der Waals surface area contributed by atoms with Crippen molar-refractivity contribution in [3.8, 4) is 17.2 Å². The van der Waals surface area contributed by atoms with E-state index in [9.17, 15) is 27.6 Å². The lowest BCUT2D eigenvalue weighted by Gasteiger charge is -2.16. The lowest BCUT2D eigenvalue weighted by atomic mass is 10.1. The molecule has 3 aromatic rings. The van der Waals surface area contributed by atoms with Gasteiger partial charge in [-0.2, -0.15) is 13.2 Å². The highest BCUT2D eigenvalue weighted by atomic mass is 79.9. The summed E-state index contributed by atoms with van der Waals surface area (Å²) in [5, 5.41) is 1.74. The topological polar surface area (TPSA) is 94.2 Å². The lowest BCUT2D eigenvalue weighted by Crippen LogP contribution is -2.36. The number of rotatable bonds is 9. The first-order valence-electron chi connectivity index (χ1n) is 11.9. The predicted molar refractivity (Wildman–Crippen MR) is 156 cm³/mol. The van der Waals surface area contributed by atoms with Gasteiger partial charge in [0, 0.05) is 4.47 Å². The molecule has 0 unspecified atom stereocenters. The molecule has 3 aromatic carbocycles. The van der Waals surface area contributed by atoms with Gasteiger partial charge in [0.15, 0.2) is 11.5 Å². The van der Waals surface area contributed by atoms with Crippen LogP contribution in [0.3, 0.4) is 0 Å². The smallest absolute Gasteiger partial charge is 0.416 e. The summed E-state index contributed by atoms with van der Waals surface area (Å²) in [6, 6.07) is 13.2. The largest absolute Gasteiger partial charge is 0.495 e. The van der Waals surface area contributed by atoms with Crippen molar-refractivity contribution < 1.29 is 41.8 Å². The maximum absolute atomic E-state index is 13.1. The van der Waals surface area contributed by atoms with Gasteiger partial charge in [0.25, 0.3) is 11.1 Å². The minimum absolute atomic E-state index is 0.00565. The Kier molecular flexibility index (Phi) is 9.74. The SMILES string of the molecule is COc1ccc(C(F)(F)F)cc1NC(=O)CN1C(=O)S/C(=C\c2cc(Cl)c(OCc3ccc(Br)cc3)c(OC)c2)C1=O. The summed E-state index contributed by atoms with van der Waals surface area (Å²) in [7, 11) is 2.65. The molecule has 220 valence electrons. The number of carbonyl (C=O) groups excluding carboxylic acids is 3. The Morgan fingerprint density at radius 1 is 1.05 bits per heavy atom. The zero-order valence-electron chi connectivity index (χ0n) is 21.9. The molecule has 0 aromatic heterocycles. The van der Waals surface area contributed by atoms with E-state index in [1.807, 2.05) is 24.3 Å². The fourth-order valence-corrected chi connectivity index (χ4v) is 5.18. The van der Waals surface area contributed by atoms with Crippen LogP contribution in [0.25, 0.3) is 6.08 Å². The number of ether oxygens (including phenoxy) is 3. The first-order chi connectivity index (χ1) is 19.9. The summed E-state index contributed by atoms with van der Waals surface area (Å²) in [5.74, 6) is -1.11. The van der Waals surface area contributed by atoms with Crippen molar-refractivity contribution in [3.63, 3.8) is 0 Å². The minimum Gasteiger partial charge on any atom is -0.495 e. The Balaban J connectivity index is 1.48. The Labute approximate surface area is 255 Å². The summed E-state index contributed by atoms with van der Waals surface area (Å²) in [6.45, 7) is -0.510. The predicted octanol–water partition coefficient (Wildman–Crippen LogP) is 7.39. The highest BCUT2D eigenvalue weighted by Crippen LogP contribution is 2.40. The van der Waals surface area contributed by atoms with E-state index in [4.69, 9.17) is 25.8 Å². The number of thioether (sulfide) groups is 1. The van der Waals surface area contributed by atoms with Crippen molar-refractivity contribution in [3.05, 3.63) is 85.7 Å². The molecule has 0 radical (unpaired) electrons. The lowest BCUT2D eigenvalue weighted by molar-refractivity contribution is -0.137. The number of anilines is 1. The molecule has 0 atom stereocenters. The van der Waals surface area contributed by atoms with Gasteiger partial charge in [-0.25, -0.2) is 0 Å². The van der Waals surface area contributed by atoms with E-state index in [-0.39, 0.29) is 33.7 Å². The van der Waals surface area contributed by atoms with Crippen molar-refractivity contribution in [2.24, 2.45) is 0 Å². The van der Waals surface area contributed by atoms with Crippen LogP contribution in [0, 0.1) is 0 Å². The highest BCUT2D eigenvalue weighted by Gasteiger charge is 2.37. The fraction of sp³-hybridized carbons (Fsp3) is 0.179. The monoisotopic (exact) mass is 684 g/mol. The first kappa shape index (κ1) is 31.3. The van der Waals surface area contributed by atoms with Crippen LogP contribution in [-0.2, 0) is 22.4 Å². The fourth-order valence-electron chi connectivity index (χ4n) is 3.80. The van der Waals surface area contributed by atoms with E-state index in [0.29, 0.717) is 34.0 Å². The summed E-state index contributed by atoms with van der Waals surface area (Å²) in [4.78, 5) is 38.9. The molecule has 0 saturated carbocycles. The van der Waals surface area contributed by atoms with Crippen LogP contribution in [0.1, 0.15) is 16.7 Å². The zero-order chi connectivity index (χ0) is 30.6. The summed E-state index contributed by atoms with van der Waals surface area (Å²) in [5.41, 5.74) is 0.0524. The second kappa shape index (κ2) is 13.1. The van der Waals surface area contributed by atoms with Gasteiger partial charge in [-0.3, -0.25) is 19.3 Å². The van der Waals surface area contributed by atoms with Crippen LogP contribution >= 0.6 is 39.3 Å². The summed E-state index contributed by atoms with van der Waals surface area (Å²) >= 11 is 10.4. The Morgan fingerprint density at radius 3 is 2.38 bits per heavy atom. The highest BCUT2D eigenvalue weighted by molar-refractivity contribution is 9.10. The molecule has 0 bridgehead atoms. The number of hydrogen-bond acceptors (Lipinski definition) is 7. The molecule has 0 aliphatic carbocycles. The molecule has 14 heteroatoms. The molecular weight excluding hydrogens is 665 g/mol. The van der Waals surface area contributed by atoms with Gasteiger partial charge in [0.2, 0.25) is 5.91 Å². The van der Waals surface area contributed by atoms with Crippen molar-refractivity contribution in [1.29, 1.82) is 0 Å². The Bertz CT molecular complexity index is 1570.